The Labute approximate surface area is 95.0 Å². The van der Waals surface area contributed by atoms with E-state index >= 15 is 0 Å². The van der Waals surface area contributed by atoms with E-state index < -0.39 is 11.0 Å². The lowest BCUT2D eigenvalue weighted by Gasteiger charge is -1.98. The molecule has 0 aliphatic heterocycles. The Morgan fingerprint density at radius 3 is 2.76 bits per heavy atom. The lowest BCUT2D eigenvalue weighted by molar-refractivity contribution is -0.485. The topological polar surface area (TPSA) is 146 Å². The number of nitrogens with zero attached hydrogens (tertiary/aromatic N) is 3. The van der Waals surface area contributed by atoms with Crippen molar-refractivity contribution in [2.75, 3.05) is 0 Å². The van der Waals surface area contributed by atoms with Crippen molar-refractivity contribution in [3.8, 4) is 11.5 Å². The molecule has 1 rings (SSSR count). The van der Waals surface area contributed by atoms with Gasteiger partial charge in [0.05, 0.1) is 6.21 Å². The van der Waals surface area contributed by atoms with E-state index in [0.717, 1.165) is 0 Å². The van der Waals surface area contributed by atoms with E-state index in [0.29, 0.717) is 5.56 Å². The Morgan fingerprint density at radius 2 is 2.18 bits per heavy atom. The molecule has 0 saturated carbocycles. The predicted molar refractivity (Wildman–Crippen MR) is 59.1 cm³/mol. The first-order chi connectivity index (χ1) is 7.99. The Morgan fingerprint density at radius 1 is 1.47 bits per heavy atom. The molecule has 0 spiro atoms. The van der Waals surface area contributed by atoms with Gasteiger partial charge in [-0.25, -0.2) is 15.5 Å². The number of benzene rings is 1. The van der Waals surface area contributed by atoms with Crippen molar-refractivity contribution >= 4 is 12.2 Å². The zero-order valence-corrected chi connectivity index (χ0v) is 8.44. The average Bonchev–Trinajstić information content (AvgIpc) is 2.22. The number of rotatable bonds is 3. The number of aromatic hydroxyl groups is 2. The molecule has 0 bridgehead atoms. The number of hydrogen-bond acceptors (Lipinski definition) is 5. The highest BCUT2D eigenvalue weighted by Crippen LogP contribution is 2.23. The van der Waals surface area contributed by atoms with Gasteiger partial charge in [0.15, 0.2) is 16.5 Å². The van der Waals surface area contributed by atoms with Crippen LogP contribution in [-0.2, 0) is 0 Å². The largest absolute Gasteiger partial charge is 0.504 e. The Hall–Kier alpha value is -2.84. The average molecular weight is 239 g/mol. The van der Waals surface area contributed by atoms with E-state index in [1.54, 1.807) is 0 Å². The van der Waals surface area contributed by atoms with Crippen LogP contribution in [0.3, 0.4) is 0 Å². The third kappa shape index (κ3) is 4.03. The molecule has 0 heterocycles. The summed E-state index contributed by atoms with van der Waals surface area (Å²) in [5.74, 6) is -1.04. The number of nitro groups is 1. The number of phenols is 2. The first-order valence-corrected chi connectivity index (χ1v) is 4.28. The van der Waals surface area contributed by atoms with Crippen LogP contribution in [-0.4, -0.2) is 27.4 Å². The van der Waals surface area contributed by atoms with Crippen molar-refractivity contribution in [1.82, 2.24) is 5.43 Å². The van der Waals surface area contributed by atoms with Gasteiger partial charge in [0.1, 0.15) is 5.10 Å². The van der Waals surface area contributed by atoms with Crippen LogP contribution in [0.5, 0.6) is 11.5 Å². The molecule has 9 nitrogen and oxygen atoms in total. The third-order valence-electron chi connectivity index (χ3n) is 1.58. The van der Waals surface area contributed by atoms with Gasteiger partial charge in [-0.15, -0.1) is 0 Å². The van der Waals surface area contributed by atoms with Crippen LogP contribution in [0, 0.1) is 10.1 Å². The summed E-state index contributed by atoms with van der Waals surface area (Å²) in [6, 6.07) is 3.99. The van der Waals surface area contributed by atoms with Gasteiger partial charge in [0, 0.05) is 0 Å². The monoisotopic (exact) mass is 239 g/mol. The number of phenolic OH excluding ortho intramolecular Hbond substituents is 2. The van der Waals surface area contributed by atoms with Crippen LogP contribution < -0.4 is 11.2 Å². The minimum atomic E-state index is -0.968. The Bertz CT molecular complexity index is 485. The summed E-state index contributed by atoms with van der Waals surface area (Å²) in [6.45, 7) is 0. The summed E-state index contributed by atoms with van der Waals surface area (Å²) >= 11 is 0. The maximum Gasteiger partial charge on any atom is 0.286 e. The highest BCUT2D eigenvalue weighted by molar-refractivity contribution is 5.83. The van der Waals surface area contributed by atoms with Crippen LogP contribution >= 0.6 is 0 Å². The molecule has 17 heavy (non-hydrogen) atoms. The number of nitrogens with one attached hydrogen (secondary N) is 1. The van der Waals surface area contributed by atoms with Crippen LogP contribution in [0.15, 0.2) is 28.4 Å². The van der Waals surface area contributed by atoms with Crippen molar-refractivity contribution in [3.63, 3.8) is 0 Å². The van der Waals surface area contributed by atoms with E-state index in [1.165, 1.54) is 24.4 Å². The molecule has 9 heteroatoms. The molecule has 0 fully saturated rings. The maximum absolute atomic E-state index is 9.91. The second-order valence-corrected chi connectivity index (χ2v) is 2.84. The molecule has 0 aliphatic carbocycles. The molecule has 0 amide bonds. The van der Waals surface area contributed by atoms with E-state index in [9.17, 15) is 10.1 Å². The SMILES string of the molecule is N/C(=N/[N+](=O)[O-])N/N=C\c1ccc(O)c(O)c1. The molecule has 0 radical (unpaired) electrons. The minimum Gasteiger partial charge on any atom is -0.504 e. The van der Waals surface area contributed by atoms with Gasteiger partial charge in [-0.3, -0.25) is 0 Å². The fourth-order valence-electron chi connectivity index (χ4n) is 0.904. The molecule has 90 valence electrons. The van der Waals surface area contributed by atoms with Crippen molar-refractivity contribution in [2.45, 2.75) is 0 Å². The summed E-state index contributed by atoms with van der Waals surface area (Å²) in [5.41, 5.74) is 7.65. The van der Waals surface area contributed by atoms with Crippen LogP contribution in [0.2, 0.25) is 0 Å². The fourth-order valence-corrected chi connectivity index (χ4v) is 0.904. The lowest BCUT2D eigenvalue weighted by atomic mass is 10.2. The molecule has 0 unspecified atom stereocenters. The molecule has 1 aromatic carbocycles. The molecular weight excluding hydrogens is 230 g/mol. The highest BCUT2D eigenvalue weighted by Gasteiger charge is 1.99. The van der Waals surface area contributed by atoms with Crippen LogP contribution in [0.1, 0.15) is 5.56 Å². The number of hydrazone groups is 2. The van der Waals surface area contributed by atoms with E-state index in [2.05, 4.69) is 15.6 Å². The zero-order chi connectivity index (χ0) is 12.8. The van der Waals surface area contributed by atoms with Gasteiger partial charge in [0.25, 0.3) is 5.96 Å². The van der Waals surface area contributed by atoms with Gasteiger partial charge in [0.2, 0.25) is 0 Å². The Kier molecular flexibility index (Phi) is 3.81. The second kappa shape index (κ2) is 5.30. The van der Waals surface area contributed by atoms with E-state index in [-0.39, 0.29) is 11.5 Å². The van der Waals surface area contributed by atoms with Crippen molar-refractivity contribution in [1.29, 1.82) is 0 Å². The Balaban J connectivity index is 2.65. The van der Waals surface area contributed by atoms with Crippen LogP contribution in [0.25, 0.3) is 0 Å². The summed E-state index contributed by atoms with van der Waals surface area (Å²) in [7, 11) is 0. The van der Waals surface area contributed by atoms with Gasteiger partial charge in [-0.05, 0) is 23.8 Å². The van der Waals surface area contributed by atoms with E-state index in [1.807, 2.05) is 0 Å². The summed E-state index contributed by atoms with van der Waals surface area (Å²) in [5, 5.41) is 33.4. The van der Waals surface area contributed by atoms with Crippen molar-refractivity contribution < 1.29 is 15.2 Å². The summed E-state index contributed by atoms with van der Waals surface area (Å²) in [6.07, 6.45) is 1.24. The normalized spacial score (nSPS) is 11.6. The first kappa shape index (κ1) is 12.2. The fraction of sp³-hybridized carbons (Fsp3) is 0. The van der Waals surface area contributed by atoms with Gasteiger partial charge in [-0.2, -0.15) is 5.10 Å². The lowest BCUT2D eigenvalue weighted by Crippen LogP contribution is -2.28. The van der Waals surface area contributed by atoms with Crippen LogP contribution in [0.4, 0.5) is 0 Å². The number of nitrogens with two attached hydrogens (primary N) is 1. The third-order valence-corrected chi connectivity index (χ3v) is 1.58. The predicted octanol–water partition coefficient (Wildman–Crippen LogP) is -0.472. The second-order valence-electron chi connectivity index (χ2n) is 2.84. The number of guanidine groups is 1. The molecular formula is C8H9N5O4. The summed E-state index contributed by atoms with van der Waals surface area (Å²) < 4.78 is 0. The molecule has 0 aromatic heterocycles. The van der Waals surface area contributed by atoms with Crippen molar-refractivity contribution in [3.05, 3.63) is 33.9 Å². The molecule has 0 atom stereocenters. The smallest absolute Gasteiger partial charge is 0.286 e. The minimum absolute atomic E-state index is 0.260. The zero-order valence-electron chi connectivity index (χ0n) is 8.44. The molecule has 1 aromatic rings. The van der Waals surface area contributed by atoms with Crippen molar-refractivity contribution in [2.24, 2.45) is 15.9 Å². The molecule has 0 aliphatic rings. The quantitative estimate of drug-likeness (QED) is 0.184. The summed E-state index contributed by atoms with van der Waals surface area (Å²) in [4.78, 5) is 9.91. The van der Waals surface area contributed by atoms with E-state index in [4.69, 9.17) is 15.9 Å². The maximum atomic E-state index is 9.91. The molecule has 5 N–H and O–H groups in total. The molecule has 0 saturated heterocycles. The standard InChI is InChI=1S/C8H9N5O4/c9-8(12-13(16)17)11-10-4-5-1-2-6(14)7(15)3-5/h1-4,14-15H,(H3,9,11,12)/b10-4-. The van der Waals surface area contributed by atoms with Gasteiger partial charge in [-0.1, -0.05) is 0 Å². The highest BCUT2D eigenvalue weighted by atomic mass is 16.7. The first-order valence-electron chi connectivity index (χ1n) is 4.28. The number of hydrogen-bond donors (Lipinski definition) is 4. The van der Waals surface area contributed by atoms with Gasteiger partial charge >= 0.3 is 0 Å². The van der Waals surface area contributed by atoms with Gasteiger partial charge < -0.3 is 15.9 Å².